The molecule has 0 aromatic heterocycles. The molecule has 1 saturated carbocycles. The lowest BCUT2D eigenvalue weighted by atomic mass is 9.51. The third-order valence-corrected chi connectivity index (χ3v) is 11.0. The highest BCUT2D eigenvalue weighted by Crippen LogP contribution is 2.64. The summed E-state index contributed by atoms with van der Waals surface area (Å²) in [6.45, 7) is 1.77. The highest BCUT2D eigenvalue weighted by Gasteiger charge is 2.68. The number of imide groups is 2. The van der Waals surface area contributed by atoms with Gasteiger partial charge in [0.05, 0.1) is 34.5 Å². The Bertz CT molecular complexity index is 2140. The van der Waals surface area contributed by atoms with Crippen LogP contribution in [0, 0.1) is 29.1 Å². The third-order valence-electron chi connectivity index (χ3n) is 11.0. The molecule has 2 heterocycles. The molecule has 10 nitrogen and oxygen atoms in total. The van der Waals surface area contributed by atoms with Crippen LogP contribution >= 0.6 is 0 Å². The SMILES string of the molecule is CC12C(=O)N(c3ccccc3)C(=O)C1CC1C(=CCC3C(=O)N(c4ccc(C(=O)O)c(O)c4)C(=O)C31)C2c1ccc2ccccc2c1O. The van der Waals surface area contributed by atoms with Crippen molar-refractivity contribution in [2.75, 3.05) is 9.80 Å². The maximum Gasteiger partial charge on any atom is 0.339 e. The molecule has 2 aliphatic carbocycles. The van der Waals surface area contributed by atoms with Crippen LogP contribution in [-0.2, 0) is 19.2 Å². The van der Waals surface area contributed by atoms with Gasteiger partial charge >= 0.3 is 5.97 Å². The van der Waals surface area contributed by atoms with Crippen molar-refractivity contribution in [1.29, 1.82) is 0 Å². The Labute approximate surface area is 274 Å². The molecule has 0 spiro atoms. The largest absolute Gasteiger partial charge is 0.507 e. The summed E-state index contributed by atoms with van der Waals surface area (Å²) in [5.41, 5.74) is -0.00169. The maximum absolute atomic E-state index is 14.6. The van der Waals surface area contributed by atoms with Gasteiger partial charge in [-0.15, -0.1) is 0 Å². The minimum Gasteiger partial charge on any atom is -0.507 e. The molecule has 4 amide bonds. The number of nitrogens with zero attached hydrogens (tertiary/aromatic N) is 2. The Morgan fingerprint density at radius 1 is 0.792 bits per heavy atom. The summed E-state index contributed by atoms with van der Waals surface area (Å²) >= 11 is 0. The summed E-state index contributed by atoms with van der Waals surface area (Å²) in [5.74, 6) is -7.64. The third kappa shape index (κ3) is 3.89. The molecule has 8 rings (SSSR count). The first-order chi connectivity index (χ1) is 23.0. The smallest absolute Gasteiger partial charge is 0.339 e. The number of fused-ring (bicyclic) bond motifs is 5. The van der Waals surface area contributed by atoms with Crippen molar-refractivity contribution in [2.24, 2.45) is 29.1 Å². The van der Waals surface area contributed by atoms with E-state index in [4.69, 9.17) is 0 Å². The number of carboxylic acids is 1. The lowest BCUT2D eigenvalue weighted by Crippen LogP contribution is -2.48. The quantitative estimate of drug-likeness (QED) is 0.198. The first-order valence-corrected chi connectivity index (χ1v) is 15.8. The van der Waals surface area contributed by atoms with Crippen LogP contribution in [0.15, 0.2) is 96.6 Å². The van der Waals surface area contributed by atoms with Gasteiger partial charge < -0.3 is 15.3 Å². The number of hydrogen-bond donors (Lipinski definition) is 3. The van der Waals surface area contributed by atoms with Crippen molar-refractivity contribution in [3.63, 3.8) is 0 Å². The van der Waals surface area contributed by atoms with Gasteiger partial charge in [-0.2, -0.15) is 0 Å². The molecule has 10 heteroatoms. The lowest BCUT2D eigenvalue weighted by Gasteiger charge is -2.49. The average Bonchev–Trinajstić information content (AvgIpc) is 3.45. The summed E-state index contributed by atoms with van der Waals surface area (Å²) in [6, 6.07) is 23.2. The number of carbonyl (C=O) groups excluding carboxylic acids is 4. The fourth-order valence-corrected chi connectivity index (χ4v) is 8.78. The Morgan fingerprint density at radius 2 is 1.52 bits per heavy atom. The van der Waals surface area contributed by atoms with Gasteiger partial charge in [-0.3, -0.25) is 19.2 Å². The molecule has 0 radical (unpaired) electrons. The van der Waals surface area contributed by atoms with Gasteiger partial charge in [0.25, 0.3) is 0 Å². The van der Waals surface area contributed by atoms with Crippen molar-refractivity contribution in [3.05, 3.63) is 108 Å². The van der Waals surface area contributed by atoms with E-state index in [-0.39, 0.29) is 29.8 Å². The van der Waals surface area contributed by atoms with Crippen LogP contribution in [0.2, 0.25) is 0 Å². The molecule has 6 unspecified atom stereocenters. The summed E-state index contributed by atoms with van der Waals surface area (Å²) in [6.07, 6.45) is 2.22. The fraction of sp³-hybridized carbons (Fsp3) is 0.237. The van der Waals surface area contributed by atoms with E-state index in [9.17, 15) is 39.3 Å². The number of amides is 4. The van der Waals surface area contributed by atoms with E-state index >= 15 is 0 Å². The molecule has 3 fully saturated rings. The normalized spacial score (nSPS) is 27.9. The molecule has 48 heavy (non-hydrogen) atoms. The van der Waals surface area contributed by atoms with E-state index in [0.29, 0.717) is 16.6 Å². The van der Waals surface area contributed by atoms with Crippen LogP contribution in [0.1, 0.15) is 41.6 Å². The zero-order valence-corrected chi connectivity index (χ0v) is 25.7. The average molecular weight is 643 g/mol. The number of carbonyl (C=O) groups is 5. The minimum absolute atomic E-state index is 0.00962. The van der Waals surface area contributed by atoms with Gasteiger partial charge in [0.2, 0.25) is 23.6 Å². The molecule has 4 aliphatic rings. The fourth-order valence-electron chi connectivity index (χ4n) is 8.78. The van der Waals surface area contributed by atoms with Crippen molar-refractivity contribution in [2.45, 2.75) is 25.7 Å². The molecule has 240 valence electrons. The molecule has 4 aromatic rings. The van der Waals surface area contributed by atoms with Crippen LogP contribution in [-0.4, -0.2) is 44.9 Å². The van der Waals surface area contributed by atoms with Crippen LogP contribution in [0.25, 0.3) is 10.8 Å². The lowest BCUT2D eigenvalue weighted by molar-refractivity contribution is -0.131. The van der Waals surface area contributed by atoms with E-state index < -0.39 is 70.4 Å². The first-order valence-electron chi connectivity index (χ1n) is 15.8. The number of para-hydroxylation sites is 1. The second kappa shape index (κ2) is 10.4. The number of aromatic hydroxyl groups is 2. The van der Waals surface area contributed by atoms with E-state index in [2.05, 4.69) is 0 Å². The van der Waals surface area contributed by atoms with Gasteiger partial charge in [0.1, 0.15) is 17.1 Å². The van der Waals surface area contributed by atoms with Gasteiger partial charge in [-0.05, 0) is 55.3 Å². The summed E-state index contributed by atoms with van der Waals surface area (Å²) < 4.78 is 0. The second-order valence-electron chi connectivity index (χ2n) is 13.2. The number of allylic oxidation sites excluding steroid dienone is 2. The maximum atomic E-state index is 14.6. The number of aromatic carboxylic acids is 1. The molecule has 2 saturated heterocycles. The monoisotopic (exact) mass is 642 g/mol. The second-order valence-corrected chi connectivity index (χ2v) is 13.2. The van der Waals surface area contributed by atoms with Gasteiger partial charge in [0, 0.05) is 22.9 Å². The van der Waals surface area contributed by atoms with Crippen LogP contribution < -0.4 is 9.80 Å². The predicted molar refractivity (Wildman–Crippen MR) is 174 cm³/mol. The zero-order valence-electron chi connectivity index (χ0n) is 25.7. The number of carboxylic acid groups (broad SMARTS) is 1. The number of anilines is 2. The Balaban J connectivity index is 1.28. The minimum atomic E-state index is -1.35. The summed E-state index contributed by atoms with van der Waals surface area (Å²) in [4.78, 5) is 70.8. The van der Waals surface area contributed by atoms with E-state index in [1.165, 1.54) is 11.0 Å². The number of phenols is 2. The molecule has 2 aliphatic heterocycles. The van der Waals surface area contributed by atoms with Crippen molar-refractivity contribution in [3.8, 4) is 11.5 Å². The van der Waals surface area contributed by atoms with Crippen LogP contribution in [0.3, 0.4) is 0 Å². The number of hydrogen-bond acceptors (Lipinski definition) is 7. The number of phenolic OH excluding ortho intramolecular Hbond substituents is 1. The highest BCUT2D eigenvalue weighted by atomic mass is 16.4. The van der Waals surface area contributed by atoms with E-state index in [1.54, 1.807) is 49.4 Å². The molecule has 6 atom stereocenters. The van der Waals surface area contributed by atoms with Gasteiger partial charge in [0.15, 0.2) is 0 Å². The van der Waals surface area contributed by atoms with Gasteiger partial charge in [-0.1, -0.05) is 66.2 Å². The molecule has 4 aromatic carbocycles. The molecule has 0 bridgehead atoms. The Hall–Kier alpha value is -5.77. The zero-order chi connectivity index (χ0) is 33.6. The van der Waals surface area contributed by atoms with Crippen molar-refractivity contribution >= 4 is 51.7 Å². The van der Waals surface area contributed by atoms with Crippen LogP contribution in [0.5, 0.6) is 11.5 Å². The van der Waals surface area contributed by atoms with Crippen LogP contribution in [0.4, 0.5) is 11.4 Å². The molecular weight excluding hydrogens is 612 g/mol. The van der Waals surface area contributed by atoms with Crippen molar-refractivity contribution in [1.82, 2.24) is 0 Å². The first kappa shape index (κ1) is 29.6. The standard InChI is InChI=1S/C38H30N2O8/c1-38-28(34(44)40(37(38)48)20-8-3-2-4-9-20)18-27-23(31(38)26-13-11-19-7-5-6-10-22(19)32(26)42)15-16-25-30(27)35(45)39(33(25)43)21-12-14-24(36(46)47)29(41)17-21/h2-15,17,25,27-28,30-31,41-42H,16,18H2,1H3,(H,46,47). The predicted octanol–water partition coefficient (Wildman–Crippen LogP) is 5.38. The number of rotatable bonds is 4. The van der Waals surface area contributed by atoms with E-state index in [0.717, 1.165) is 28.0 Å². The molecular formula is C38H30N2O8. The topological polar surface area (TPSA) is 153 Å². The Kier molecular flexibility index (Phi) is 6.40. The summed E-state index contributed by atoms with van der Waals surface area (Å²) in [7, 11) is 0. The Morgan fingerprint density at radius 3 is 2.25 bits per heavy atom. The number of benzene rings is 4. The van der Waals surface area contributed by atoms with Gasteiger partial charge in [-0.25, -0.2) is 14.6 Å². The summed E-state index contributed by atoms with van der Waals surface area (Å²) in [5, 5.41) is 32.9. The highest BCUT2D eigenvalue weighted by molar-refractivity contribution is 6.25. The van der Waals surface area contributed by atoms with E-state index in [1.807, 2.05) is 30.3 Å². The molecule has 3 N–H and O–H groups in total. The van der Waals surface area contributed by atoms with Crippen molar-refractivity contribution < 1.29 is 39.3 Å².